The van der Waals surface area contributed by atoms with Gasteiger partial charge in [0.1, 0.15) is 24.5 Å². The van der Waals surface area contributed by atoms with E-state index in [9.17, 15) is 0 Å². The highest BCUT2D eigenvalue weighted by Crippen LogP contribution is 2.27. The van der Waals surface area contributed by atoms with Crippen LogP contribution < -0.4 is 10.1 Å². The third-order valence-corrected chi connectivity index (χ3v) is 2.77. The molecule has 1 heterocycles. The van der Waals surface area contributed by atoms with Gasteiger partial charge in [-0.05, 0) is 13.1 Å². The van der Waals surface area contributed by atoms with Gasteiger partial charge in [0.15, 0.2) is 0 Å². The molecule has 2 aromatic rings. The predicted octanol–water partition coefficient (Wildman–Crippen LogP) is 1.14. The van der Waals surface area contributed by atoms with Crippen molar-refractivity contribution in [3.8, 4) is 5.75 Å². The number of H-pyrrole nitrogens is 1. The molecule has 0 fully saturated rings. The summed E-state index contributed by atoms with van der Waals surface area (Å²) in [4.78, 5) is 4.19. The normalized spacial score (nSPS) is 12.3. The molecule has 0 spiro atoms. The summed E-state index contributed by atoms with van der Waals surface area (Å²) in [6.07, 6.45) is 1.49. The molecule has 0 aliphatic heterocycles. The van der Waals surface area contributed by atoms with Crippen molar-refractivity contribution in [1.82, 2.24) is 20.5 Å². The monoisotopic (exact) mass is 262 g/mol. The van der Waals surface area contributed by atoms with Crippen LogP contribution in [0.15, 0.2) is 30.6 Å². The highest BCUT2D eigenvalue weighted by atomic mass is 16.5. The van der Waals surface area contributed by atoms with Gasteiger partial charge in [-0.2, -0.15) is 5.10 Å². The van der Waals surface area contributed by atoms with Crippen molar-refractivity contribution in [2.24, 2.45) is 0 Å². The van der Waals surface area contributed by atoms with E-state index < -0.39 is 0 Å². The lowest BCUT2D eigenvalue weighted by molar-refractivity contribution is 0.145. The molecule has 0 aliphatic rings. The van der Waals surface area contributed by atoms with Crippen molar-refractivity contribution in [3.63, 3.8) is 0 Å². The van der Waals surface area contributed by atoms with Gasteiger partial charge in [-0.15, -0.1) is 0 Å². The van der Waals surface area contributed by atoms with Gasteiger partial charge in [0.2, 0.25) is 0 Å². The first kappa shape index (κ1) is 13.5. The minimum atomic E-state index is -0.0822. The summed E-state index contributed by atoms with van der Waals surface area (Å²) in [7, 11) is 3.53. The quantitative estimate of drug-likeness (QED) is 0.732. The highest BCUT2D eigenvalue weighted by Gasteiger charge is 2.18. The number of hydrogen-bond donors (Lipinski definition) is 2. The predicted molar refractivity (Wildman–Crippen MR) is 71.1 cm³/mol. The summed E-state index contributed by atoms with van der Waals surface area (Å²) in [6.45, 7) is 1.07. The molecular formula is C13H18N4O2. The molecule has 0 bridgehead atoms. The maximum Gasteiger partial charge on any atom is 0.146 e. The Kier molecular flexibility index (Phi) is 4.88. The number of nitrogens with zero attached hydrogens (tertiary/aromatic N) is 2. The summed E-state index contributed by atoms with van der Waals surface area (Å²) in [6, 6.07) is 7.77. The number of hydrogen-bond acceptors (Lipinski definition) is 5. The van der Waals surface area contributed by atoms with Crippen LogP contribution in [0.4, 0.5) is 0 Å². The van der Waals surface area contributed by atoms with E-state index in [4.69, 9.17) is 9.47 Å². The Morgan fingerprint density at radius 1 is 1.32 bits per heavy atom. The largest absolute Gasteiger partial charge is 0.491 e. The first-order valence-electron chi connectivity index (χ1n) is 6.10. The Morgan fingerprint density at radius 2 is 2.16 bits per heavy atom. The van der Waals surface area contributed by atoms with E-state index in [1.165, 1.54) is 6.33 Å². The zero-order valence-electron chi connectivity index (χ0n) is 11.1. The number of rotatable bonds is 7. The SMILES string of the molecule is CNC(c1ncn[nH]1)c1ccccc1OCCOC. The topological polar surface area (TPSA) is 72.1 Å². The van der Waals surface area contributed by atoms with Gasteiger partial charge < -0.3 is 14.8 Å². The van der Waals surface area contributed by atoms with Gasteiger partial charge in [-0.25, -0.2) is 4.98 Å². The van der Waals surface area contributed by atoms with Crippen molar-refractivity contribution in [2.75, 3.05) is 27.4 Å². The van der Waals surface area contributed by atoms with Crippen molar-refractivity contribution < 1.29 is 9.47 Å². The molecule has 0 amide bonds. The molecule has 2 N–H and O–H groups in total. The van der Waals surface area contributed by atoms with Crippen LogP contribution in [0, 0.1) is 0 Å². The number of nitrogens with one attached hydrogen (secondary N) is 2. The smallest absolute Gasteiger partial charge is 0.146 e. The van der Waals surface area contributed by atoms with Crippen LogP contribution in [0.2, 0.25) is 0 Å². The van der Waals surface area contributed by atoms with Crippen molar-refractivity contribution in [2.45, 2.75) is 6.04 Å². The second kappa shape index (κ2) is 6.86. The maximum absolute atomic E-state index is 5.73. The minimum absolute atomic E-state index is 0.0822. The highest BCUT2D eigenvalue weighted by molar-refractivity contribution is 5.38. The molecule has 6 heteroatoms. The lowest BCUT2D eigenvalue weighted by Gasteiger charge is -2.18. The van der Waals surface area contributed by atoms with Crippen LogP contribution in [0.1, 0.15) is 17.4 Å². The fraction of sp³-hybridized carbons (Fsp3) is 0.385. The molecule has 0 radical (unpaired) electrons. The lowest BCUT2D eigenvalue weighted by Crippen LogP contribution is -2.20. The zero-order valence-corrected chi connectivity index (χ0v) is 11.1. The Bertz CT molecular complexity index is 487. The molecule has 0 saturated carbocycles. The summed E-state index contributed by atoms with van der Waals surface area (Å²) in [5, 5.41) is 9.97. The average molecular weight is 262 g/mol. The number of para-hydroxylation sites is 1. The Balaban J connectivity index is 2.22. The van der Waals surface area contributed by atoms with Gasteiger partial charge in [-0.1, -0.05) is 18.2 Å². The van der Waals surface area contributed by atoms with Crippen LogP contribution in [0.25, 0.3) is 0 Å². The average Bonchev–Trinajstić information content (AvgIpc) is 2.96. The Labute approximate surface area is 112 Å². The molecule has 1 aromatic carbocycles. The van der Waals surface area contributed by atoms with Gasteiger partial charge >= 0.3 is 0 Å². The van der Waals surface area contributed by atoms with Crippen molar-refractivity contribution >= 4 is 0 Å². The third kappa shape index (κ3) is 3.30. The third-order valence-electron chi connectivity index (χ3n) is 2.77. The fourth-order valence-electron chi connectivity index (χ4n) is 1.88. The number of benzene rings is 1. The van der Waals surface area contributed by atoms with Gasteiger partial charge in [-0.3, -0.25) is 5.10 Å². The van der Waals surface area contributed by atoms with Crippen molar-refractivity contribution in [1.29, 1.82) is 0 Å². The lowest BCUT2D eigenvalue weighted by atomic mass is 10.1. The molecule has 6 nitrogen and oxygen atoms in total. The van der Waals surface area contributed by atoms with E-state index in [2.05, 4.69) is 20.5 Å². The van der Waals surface area contributed by atoms with E-state index in [-0.39, 0.29) is 6.04 Å². The minimum Gasteiger partial charge on any atom is -0.491 e. The van der Waals surface area contributed by atoms with Gasteiger partial charge in [0.25, 0.3) is 0 Å². The van der Waals surface area contributed by atoms with Crippen LogP contribution >= 0.6 is 0 Å². The van der Waals surface area contributed by atoms with E-state index in [1.807, 2.05) is 31.3 Å². The second-order valence-electron chi connectivity index (χ2n) is 3.97. The summed E-state index contributed by atoms with van der Waals surface area (Å²) in [5.41, 5.74) is 1.01. The van der Waals surface area contributed by atoms with E-state index in [1.54, 1.807) is 7.11 Å². The molecule has 1 aromatic heterocycles. The number of aromatic nitrogens is 3. The molecular weight excluding hydrogens is 244 g/mol. The van der Waals surface area contributed by atoms with Crippen LogP contribution in [0.5, 0.6) is 5.75 Å². The Hall–Kier alpha value is -1.92. The van der Waals surface area contributed by atoms with E-state index >= 15 is 0 Å². The fourth-order valence-corrected chi connectivity index (χ4v) is 1.88. The second-order valence-corrected chi connectivity index (χ2v) is 3.97. The summed E-state index contributed by atoms with van der Waals surface area (Å²) in [5.74, 6) is 1.57. The Morgan fingerprint density at radius 3 is 2.84 bits per heavy atom. The molecule has 0 aliphatic carbocycles. The molecule has 0 saturated heterocycles. The number of ether oxygens (including phenoxy) is 2. The number of methoxy groups -OCH3 is 1. The van der Waals surface area contributed by atoms with Gasteiger partial charge in [0, 0.05) is 12.7 Å². The van der Waals surface area contributed by atoms with E-state index in [0.717, 1.165) is 17.1 Å². The molecule has 2 rings (SSSR count). The standard InChI is InChI=1S/C13H18N4O2/c1-14-12(13-15-9-16-17-13)10-5-3-4-6-11(10)19-8-7-18-2/h3-6,9,12,14H,7-8H2,1-2H3,(H,15,16,17). The van der Waals surface area contributed by atoms with Crippen LogP contribution in [0.3, 0.4) is 0 Å². The first-order chi connectivity index (χ1) is 9.36. The number of aromatic amines is 1. The maximum atomic E-state index is 5.73. The molecule has 1 atom stereocenters. The molecule has 102 valence electrons. The first-order valence-corrected chi connectivity index (χ1v) is 6.10. The molecule has 1 unspecified atom stereocenters. The van der Waals surface area contributed by atoms with Gasteiger partial charge in [0.05, 0.1) is 12.6 Å². The van der Waals surface area contributed by atoms with Crippen LogP contribution in [-0.4, -0.2) is 42.6 Å². The van der Waals surface area contributed by atoms with Crippen molar-refractivity contribution in [3.05, 3.63) is 42.0 Å². The van der Waals surface area contributed by atoms with Crippen LogP contribution in [-0.2, 0) is 4.74 Å². The van der Waals surface area contributed by atoms with E-state index in [0.29, 0.717) is 13.2 Å². The zero-order chi connectivity index (χ0) is 13.5. The summed E-state index contributed by atoms with van der Waals surface area (Å²) >= 11 is 0. The summed E-state index contributed by atoms with van der Waals surface area (Å²) < 4.78 is 10.7. The molecule has 19 heavy (non-hydrogen) atoms.